The van der Waals surface area contributed by atoms with Crippen LogP contribution in [-0.2, 0) is 15.3 Å². The standard InChI is InChI=1S/C20H15FN2O4S/c1-2-28(25,26)17-7-12(20(11-22)5-6-20)9-23-18(17)15-10-27-16-8-13(21)3-4-14(16)19(15)24/h3-4,7-10H,2,5-6H2,1H3. The van der Waals surface area contributed by atoms with Crippen LogP contribution >= 0.6 is 0 Å². The van der Waals surface area contributed by atoms with E-state index in [9.17, 15) is 22.9 Å². The maximum Gasteiger partial charge on any atom is 0.202 e. The first kappa shape index (κ1) is 18.3. The molecule has 0 radical (unpaired) electrons. The average Bonchev–Trinajstić information content (AvgIpc) is 3.49. The molecule has 4 rings (SSSR count). The van der Waals surface area contributed by atoms with Crippen molar-refractivity contribution in [3.05, 3.63) is 58.3 Å². The van der Waals surface area contributed by atoms with Crippen LogP contribution in [0.5, 0.6) is 0 Å². The fourth-order valence-corrected chi connectivity index (χ4v) is 4.23. The Kier molecular flexibility index (Phi) is 4.08. The molecule has 1 aliphatic rings. The average molecular weight is 398 g/mol. The van der Waals surface area contributed by atoms with Crippen LogP contribution in [0.3, 0.4) is 0 Å². The number of sulfone groups is 1. The van der Waals surface area contributed by atoms with Gasteiger partial charge in [0, 0.05) is 12.3 Å². The predicted octanol–water partition coefficient (Wildman–Crippen LogP) is 3.34. The summed E-state index contributed by atoms with van der Waals surface area (Å²) in [7, 11) is -3.73. The number of fused-ring (bicyclic) bond motifs is 1. The Morgan fingerprint density at radius 2 is 2.07 bits per heavy atom. The van der Waals surface area contributed by atoms with Crippen molar-refractivity contribution in [2.24, 2.45) is 0 Å². The second-order valence-corrected chi connectivity index (χ2v) is 9.03. The first-order valence-corrected chi connectivity index (χ1v) is 10.3. The number of nitriles is 1. The second kappa shape index (κ2) is 6.24. The van der Waals surface area contributed by atoms with E-state index >= 15 is 0 Å². The maximum atomic E-state index is 13.4. The van der Waals surface area contributed by atoms with Gasteiger partial charge in [0.25, 0.3) is 0 Å². The third kappa shape index (κ3) is 2.79. The summed E-state index contributed by atoms with van der Waals surface area (Å²) in [6.07, 6.45) is 3.81. The SMILES string of the molecule is CCS(=O)(=O)c1cc(C2(C#N)CC2)cnc1-c1coc2cc(F)ccc2c1=O. The number of hydrogen-bond acceptors (Lipinski definition) is 6. The van der Waals surface area contributed by atoms with Crippen LogP contribution in [0.2, 0.25) is 0 Å². The van der Waals surface area contributed by atoms with Gasteiger partial charge in [0.1, 0.15) is 17.7 Å². The highest BCUT2D eigenvalue weighted by Crippen LogP contribution is 2.48. The van der Waals surface area contributed by atoms with Gasteiger partial charge >= 0.3 is 0 Å². The van der Waals surface area contributed by atoms with Crippen LogP contribution in [0, 0.1) is 17.1 Å². The highest BCUT2D eigenvalue weighted by atomic mass is 32.2. The van der Waals surface area contributed by atoms with Crippen molar-refractivity contribution in [1.29, 1.82) is 5.26 Å². The molecule has 1 saturated carbocycles. The predicted molar refractivity (Wildman–Crippen MR) is 99.9 cm³/mol. The van der Waals surface area contributed by atoms with Gasteiger partial charge in [-0.3, -0.25) is 9.78 Å². The van der Waals surface area contributed by atoms with Gasteiger partial charge in [-0.2, -0.15) is 5.26 Å². The maximum absolute atomic E-state index is 13.4. The molecule has 6 nitrogen and oxygen atoms in total. The lowest BCUT2D eigenvalue weighted by atomic mass is 9.99. The minimum absolute atomic E-state index is 0.0283. The second-order valence-electron chi connectivity index (χ2n) is 6.79. The highest BCUT2D eigenvalue weighted by Gasteiger charge is 2.46. The van der Waals surface area contributed by atoms with E-state index in [-0.39, 0.29) is 32.9 Å². The van der Waals surface area contributed by atoms with Gasteiger partial charge in [-0.1, -0.05) is 6.92 Å². The van der Waals surface area contributed by atoms with Crippen molar-refractivity contribution in [3.8, 4) is 17.3 Å². The van der Waals surface area contributed by atoms with Gasteiger partial charge in [-0.15, -0.1) is 0 Å². The number of hydrogen-bond donors (Lipinski definition) is 0. The zero-order valence-electron chi connectivity index (χ0n) is 14.9. The van der Waals surface area contributed by atoms with Gasteiger partial charge < -0.3 is 4.42 Å². The molecule has 8 heteroatoms. The van der Waals surface area contributed by atoms with Crippen LogP contribution in [0.15, 0.2) is 50.8 Å². The lowest BCUT2D eigenvalue weighted by molar-refractivity contribution is 0.589. The topological polar surface area (TPSA) is 101 Å². The Morgan fingerprint density at radius 1 is 1.32 bits per heavy atom. The molecule has 0 N–H and O–H groups in total. The van der Waals surface area contributed by atoms with E-state index in [0.29, 0.717) is 18.4 Å². The molecule has 0 spiro atoms. The van der Waals surface area contributed by atoms with Gasteiger partial charge in [0.15, 0.2) is 9.84 Å². The minimum atomic E-state index is -3.73. The highest BCUT2D eigenvalue weighted by molar-refractivity contribution is 7.91. The van der Waals surface area contributed by atoms with Crippen molar-refractivity contribution < 1.29 is 17.2 Å². The van der Waals surface area contributed by atoms with E-state index in [4.69, 9.17) is 4.42 Å². The molecule has 0 atom stereocenters. The van der Waals surface area contributed by atoms with Crippen molar-refractivity contribution in [2.75, 3.05) is 5.75 Å². The number of pyridine rings is 1. The van der Waals surface area contributed by atoms with Crippen LogP contribution < -0.4 is 5.43 Å². The zero-order valence-corrected chi connectivity index (χ0v) is 15.7. The molecule has 1 aliphatic carbocycles. The Bertz CT molecular complexity index is 1320. The summed E-state index contributed by atoms with van der Waals surface area (Å²) >= 11 is 0. The summed E-state index contributed by atoms with van der Waals surface area (Å²) in [6.45, 7) is 1.49. The molecule has 2 heterocycles. The van der Waals surface area contributed by atoms with E-state index in [2.05, 4.69) is 11.1 Å². The molecule has 0 aliphatic heterocycles. The van der Waals surface area contributed by atoms with Gasteiger partial charge in [-0.25, -0.2) is 12.8 Å². The fourth-order valence-electron chi connectivity index (χ4n) is 3.16. The molecular weight excluding hydrogens is 383 g/mol. The Balaban J connectivity index is 1.99. The van der Waals surface area contributed by atoms with Crippen molar-refractivity contribution in [2.45, 2.75) is 30.1 Å². The summed E-state index contributed by atoms with van der Waals surface area (Å²) in [4.78, 5) is 17.0. The molecule has 28 heavy (non-hydrogen) atoms. The van der Waals surface area contributed by atoms with Crippen LogP contribution in [0.1, 0.15) is 25.3 Å². The number of halogens is 1. The molecule has 0 saturated heterocycles. The number of rotatable bonds is 4. The van der Waals surface area contributed by atoms with E-state index < -0.39 is 26.5 Å². The van der Waals surface area contributed by atoms with Gasteiger partial charge in [0.05, 0.1) is 38.8 Å². The fraction of sp³-hybridized carbons (Fsp3) is 0.250. The monoisotopic (exact) mass is 398 g/mol. The van der Waals surface area contributed by atoms with E-state index in [1.54, 1.807) is 0 Å². The first-order chi connectivity index (χ1) is 13.3. The Labute approximate surface area is 160 Å². The summed E-state index contributed by atoms with van der Waals surface area (Å²) in [5.41, 5.74) is -0.686. The number of benzene rings is 1. The van der Waals surface area contributed by atoms with Crippen LogP contribution in [0.4, 0.5) is 4.39 Å². The molecular formula is C20H15FN2O4S. The lowest BCUT2D eigenvalue weighted by Gasteiger charge is -2.13. The quantitative estimate of drug-likeness (QED) is 0.668. The third-order valence-electron chi connectivity index (χ3n) is 5.08. The summed E-state index contributed by atoms with van der Waals surface area (Å²) in [5.74, 6) is -0.735. The minimum Gasteiger partial charge on any atom is -0.463 e. The van der Waals surface area contributed by atoms with Crippen LogP contribution in [0.25, 0.3) is 22.2 Å². The first-order valence-electron chi connectivity index (χ1n) is 8.67. The van der Waals surface area contributed by atoms with Crippen molar-refractivity contribution >= 4 is 20.8 Å². The molecule has 0 amide bonds. The summed E-state index contributed by atoms with van der Waals surface area (Å²) in [5, 5.41) is 9.53. The molecule has 0 bridgehead atoms. The van der Waals surface area contributed by atoms with Gasteiger partial charge in [0.2, 0.25) is 5.43 Å². The Morgan fingerprint density at radius 3 is 2.71 bits per heavy atom. The third-order valence-corrected chi connectivity index (χ3v) is 6.82. The summed E-state index contributed by atoms with van der Waals surface area (Å²) in [6, 6.07) is 7.16. The molecule has 1 fully saturated rings. The molecule has 3 aromatic rings. The van der Waals surface area contributed by atoms with Crippen molar-refractivity contribution in [1.82, 2.24) is 4.98 Å². The molecule has 2 aromatic heterocycles. The number of nitrogens with zero attached hydrogens (tertiary/aromatic N) is 2. The largest absolute Gasteiger partial charge is 0.463 e. The van der Waals surface area contributed by atoms with Crippen molar-refractivity contribution in [3.63, 3.8) is 0 Å². The van der Waals surface area contributed by atoms with E-state index in [1.165, 1.54) is 25.3 Å². The molecule has 0 unspecified atom stereocenters. The van der Waals surface area contributed by atoms with Crippen LogP contribution in [-0.4, -0.2) is 19.2 Å². The molecule has 142 valence electrons. The lowest BCUT2D eigenvalue weighted by Crippen LogP contribution is -2.14. The zero-order chi connectivity index (χ0) is 20.1. The summed E-state index contributed by atoms with van der Waals surface area (Å²) < 4.78 is 44.1. The smallest absolute Gasteiger partial charge is 0.202 e. The molecule has 1 aromatic carbocycles. The van der Waals surface area contributed by atoms with E-state index in [1.807, 2.05) is 0 Å². The normalized spacial score (nSPS) is 15.3. The van der Waals surface area contributed by atoms with E-state index in [0.717, 1.165) is 18.4 Å². The Hall–Kier alpha value is -3.05. The number of aromatic nitrogens is 1. The van der Waals surface area contributed by atoms with Gasteiger partial charge in [-0.05, 0) is 36.6 Å².